The third-order valence-corrected chi connectivity index (χ3v) is 6.92. The first-order valence-electron chi connectivity index (χ1n) is 13.8. The lowest BCUT2D eigenvalue weighted by Gasteiger charge is -2.35. The van der Waals surface area contributed by atoms with Gasteiger partial charge in [-0.3, -0.25) is 0 Å². The van der Waals surface area contributed by atoms with Crippen LogP contribution in [0.5, 0.6) is 0 Å². The highest BCUT2D eigenvalue weighted by Crippen LogP contribution is 2.41. The Labute approximate surface area is 276 Å². The maximum Gasteiger partial charge on any atom is 0.337 e. The monoisotopic (exact) mass is 670 g/mol. The Kier molecular flexibility index (Phi) is 11.1. The maximum atomic E-state index is 12.6. The molecule has 0 atom stereocenters. The van der Waals surface area contributed by atoms with E-state index in [0.29, 0.717) is 5.57 Å². The van der Waals surface area contributed by atoms with Crippen LogP contribution in [-0.4, -0.2) is 72.4 Å². The summed E-state index contributed by atoms with van der Waals surface area (Å²) in [7, 11) is 0. The summed E-state index contributed by atoms with van der Waals surface area (Å²) in [6.45, 7) is 5.41. The lowest BCUT2D eigenvalue weighted by Crippen LogP contribution is -2.35. The summed E-state index contributed by atoms with van der Waals surface area (Å²) in [6.07, 6.45) is 0. The molecule has 0 saturated heterocycles. The zero-order valence-electron chi connectivity index (χ0n) is 25.3. The molecule has 6 N–H and O–H groups in total. The van der Waals surface area contributed by atoms with Crippen molar-refractivity contribution < 1.29 is 68.9 Å². The van der Waals surface area contributed by atoms with E-state index in [0.717, 1.165) is 16.7 Å². The molecule has 0 radical (unpaired) electrons. The summed E-state index contributed by atoms with van der Waals surface area (Å²) in [5, 5.41) is 54.2. The van der Waals surface area contributed by atoms with Crippen LogP contribution < -0.4 is 0 Å². The number of carbonyl (C=O) groups is 7. The van der Waals surface area contributed by atoms with E-state index >= 15 is 0 Å². The van der Waals surface area contributed by atoms with Gasteiger partial charge < -0.3 is 35.4 Å². The highest BCUT2D eigenvalue weighted by Gasteiger charge is 2.41. The maximum absolute atomic E-state index is 12.6. The van der Waals surface area contributed by atoms with Crippen molar-refractivity contribution in [3.63, 3.8) is 0 Å². The van der Waals surface area contributed by atoms with Crippen LogP contribution in [0.25, 0.3) is 0 Å². The number of aromatic carboxylic acids is 6. The SMILES string of the molecule is C=C(C)C(=O)OC(c1ccccc1)(c1ccccc1)c1ccccc1.O=C(O)c1c(C(=O)O)c(C(=O)O)c(C(=O)O)c(C(=O)O)c1C(=O)O. The Hall–Kier alpha value is -7.09. The topological polar surface area (TPSA) is 250 Å². The van der Waals surface area contributed by atoms with Crippen LogP contribution in [0.4, 0.5) is 0 Å². The van der Waals surface area contributed by atoms with Crippen LogP contribution in [-0.2, 0) is 15.1 Å². The van der Waals surface area contributed by atoms with Crippen molar-refractivity contribution in [2.75, 3.05) is 0 Å². The van der Waals surface area contributed by atoms with Gasteiger partial charge in [0.05, 0.1) is 33.4 Å². The van der Waals surface area contributed by atoms with Gasteiger partial charge in [0.1, 0.15) is 0 Å². The minimum atomic E-state index is -2.26. The van der Waals surface area contributed by atoms with Crippen LogP contribution >= 0.6 is 0 Å². The van der Waals surface area contributed by atoms with E-state index in [1.165, 1.54) is 0 Å². The number of ether oxygens (including phenoxy) is 1. The van der Waals surface area contributed by atoms with E-state index in [4.69, 9.17) is 35.4 Å². The zero-order chi connectivity index (χ0) is 36.6. The standard InChI is InChI=1S/C23H20O2.C12H6O12/c1-18(2)22(24)25-23(19-12-6-3-7-13-19,20-14-8-4-9-15-20)21-16-10-5-11-17-21;13-7(14)1-2(8(15)16)4(10(19)20)6(12(23)24)5(11(21)22)3(1)9(17)18/h3-17H,1H2,2H3;(H,13,14)(H,15,16)(H,17,18)(H,19,20)(H,21,22)(H,23,24). The summed E-state index contributed by atoms with van der Waals surface area (Å²) in [5.74, 6) is -14.0. The van der Waals surface area contributed by atoms with Gasteiger partial charge in [-0.15, -0.1) is 0 Å². The first-order chi connectivity index (χ1) is 23.1. The second kappa shape index (κ2) is 15.0. The molecule has 0 aliphatic heterocycles. The molecule has 4 rings (SSSR count). The lowest BCUT2D eigenvalue weighted by atomic mass is 9.80. The first kappa shape index (κ1) is 36.4. The molecule has 0 amide bonds. The fourth-order valence-electron chi connectivity index (χ4n) is 4.95. The summed E-state index contributed by atoms with van der Waals surface area (Å²) < 4.78 is 6.12. The number of hydrogen-bond donors (Lipinski definition) is 6. The fraction of sp³-hybridized carbons (Fsp3) is 0.0571. The summed E-state index contributed by atoms with van der Waals surface area (Å²) in [5.41, 5.74) is -7.93. The van der Waals surface area contributed by atoms with Gasteiger partial charge in [0.25, 0.3) is 0 Å². The quantitative estimate of drug-likeness (QED) is 0.0700. The van der Waals surface area contributed by atoms with Crippen molar-refractivity contribution >= 4 is 41.8 Å². The smallest absolute Gasteiger partial charge is 0.337 e. The molecule has 0 bridgehead atoms. The Bertz CT molecular complexity index is 1690. The van der Waals surface area contributed by atoms with Gasteiger partial charge in [0, 0.05) is 22.3 Å². The van der Waals surface area contributed by atoms with Gasteiger partial charge in [0.15, 0.2) is 5.60 Å². The predicted octanol–water partition coefficient (Wildman–Crippen LogP) is 4.97. The second-order valence-corrected chi connectivity index (χ2v) is 10.0. The average Bonchev–Trinajstić information content (AvgIpc) is 3.06. The molecule has 0 saturated carbocycles. The number of benzene rings is 4. The molecule has 0 aliphatic rings. The van der Waals surface area contributed by atoms with Crippen LogP contribution in [0.3, 0.4) is 0 Å². The number of esters is 1. The van der Waals surface area contributed by atoms with Crippen molar-refractivity contribution in [3.8, 4) is 0 Å². The number of rotatable bonds is 11. The molecule has 0 heterocycles. The summed E-state index contributed by atoms with van der Waals surface area (Å²) in [4.78, 5) is 79.9. The molecule has 0 unspecified atom stereocenters. The zero-order valence-corrected chi connectivity index (χ0v) is 25.3. The molecule has 0 aliphatic carbocycles. The van der Waals surface area contributed by atoms with Gasteiger partial charge in [-0.25, -0.2) is 33.6 Å². The van der Waals surface area contributed by atoms with Gasteiger partial charge in [-0.05, 0) is 6.92 Å². The Morgan fingerprint density at radius 2 is 0.653 bits per heavy atom. The van der Waals surface area contributed by atoms with Crippen molar-refractivity contribution in [1.29, 1.82) is 0 Å². The molecule has 14 heteroatoms. The number of hydrogen-bond acceptors (Lipinski definition) is 8. The van der Waals surface area contributed by atoms with Gasteiger partial charge in [0.2, 0.25) is 0 Å². The molecule has 14 nitrogen and oxygen atoms in total. The van der Waals surface area contributed by atoms with Gasteiger partial charge in [-0.1, -0.05) is 97.6 Å². The molecular weight excluding hydrogens is 644 g/mol. The molecule has 250 valence electrons. The van der Waals surface area contributed by atoms with E-state index in [-0.39, 0.29) is 0 Å². The average molecular weight is 671 g/mol. The van der Waals surface area contributed by atoms with Crippen molar-refractivity contribution in [1.82, 2.24) is 0 Å². The molecular formula is C35H26O14. The summed E-state index contributed by atoms with van der Waals surface area (Å²) in [6, 6.07) is 29.4. The molecule has 4 aromatic rings. The van der Waals surface area contributed by atoms with E-state index < -0.39 is 80.8 Å². The van der Waals surface area contributed by atoms with E-state index in [1.54, 1.807) is 6.92 Å². The highest BCUT2D eigenvalue weighted by molar-refractivity contribution is 6.22. The van der Waals surface area contributed by atoms with Crippen molar-refractivity contribution in [2.24, 2.45) is 0 Å². The minimum Gasteiger partial charge on any atom is -0.478 e. The predicted molar refractivity (Wildman–Crippen MR) is 168 cm³/mol. The third kappa shape index (κ3) is 7.33. The van der Waals surface area contributed by atoms with E-state index in [2.05, 4.69) is 6.58 Å². The molecule has 0 fully saturated rings. The number of carbonyl (C=O) groups excluding carboxylic acids is 1. The molecule has 4 aromatic carbocycles. The van der Waals surface area contributed by atoms with Crippen molar-refractivity contribution in [2.45, 2.75) is 12.5 Å². The van der Waals surface area contributed by atoms with Crippen LogP contribution in [0.1, 0.15) is 85.8 Å². The second-order valence-electron chi connectivity index (χ2n) is 10.0. The first-order valence-corrected chi connectivity index (χ1v) is 13.8. The molecule has 0 spiro atoms. The number of carboxylic acid groups (broad SMARTS) is 6. The minimum absolute atomic E-state index is 0.368. The largest absolute Gasteiger partial charge is 0.478 e. The van der Waals surface area contributed by atoms with Crippen molar-refractivity contribution in [3.05, 3.63) is 153 Å². The van der Waals surface area contributed by atoms with Crippen LogP contribution in [0, 0.1) is 0 Å². The number of carboxylic acids is 6. The van der Waals surface area contributed by atoms with Gasteiger partial charge in [-0.2, -0.15) is 0 Å². The van der Waals surface area contributed by atoms with Crippen LogP contribution in [0.2, 0.25) is 0 Å². The summed E-state index contributed by atoms with van der Waals surface area (Å²) >= 11 is 0. The fourth-order valence-corrected chi connectivity index (χ4v) is 4.95. The Morgan fingerprint density at radius 3 is 0.816 bits per heavy atom. The van der Waals surface area contributed by atoms with E-state index in [1.807, 2.05) is 91.0 Å². The molecule has 49 heavy (non-hydrogen) atoms. The van der Waals surface area contributed by atoms with Gasteiger partial charge >= 0.3 is 41.8 Å². The lowest BCUT2D eigenvalue weighted by molar-refractivity contribution is -0.148. The Balaban J connectivity index is 0.000000266. The Morgan fingerprint density at radius 1 is 0.449 bits per heavy atom. The third-order valence-electron chi connectivity index (χ3n) is 6.92. The highest BCUT2D eigenvalue weighted by atomic mass is 16.6. The molecule has 0 aromatic heterocycles. The normalized spacial score (nSPS) is 10.5. The van der Waals surface area contributed by atoms with E-state index in [9.17, 15) is 33.6 Å². The van der Waals surface area contributed by atoms with Crippen LogP contribution in [0.15, 0.2) is 103 Å².